The lowest BCUT2D eigenvalue weighted by Crippen LogP contribution is -2.51. The predicted molar refractivity (Wildman–Crippen MR) is 113 cm³/mol. The van der Waals surface area contributed by atoms with E-state index in [0.29, 0.717) is 0 Å². The van der Waals surface area contributed by atoms with Crippen molar-refractivity contribution in [3.63, 3.8) is 0 Å². The zero-order valence-electron chi connectivity index (χ0n) is 17.2. The molecular weight excluding hydrogens is 312 g/mol. The molecule has 0 aliphatic heterocycles. The van der Waals surface area contributed by atoms with Crippen molar-refractivity contribution in [1.29, 1.82) is 0 Å². The molecule has 0 N–H and O–H groups in total. The minimum atomic E-state index is -1.25. The topological polar surface area (TPSA) is 9.23 Å². The third-order valence-corrected chi connectivity index (χ3v) is 21.9. The minimum Gasteiger partial charge on any atom is -0.497 e. The van der Waals surface area contributed by atoms with Gasteiger partial charge in [-0.25, -0.2) is 0 Å². The molecule has 0 radical (unpaired) electrons. The van der Waals surface area contributed by atoms with Gasteiger partial charge < -0.3 is 4.74 Å². The van der Waals surface area contributed by atoms with E-state index in [1.54, 1.807) is 0 Å². The van der Waals surface area contributed by atoms with E-state index in [1.165, 1.54) is 41.8 Å². The van der Waals surface area contributed by atoms with Crippen LogP contribution in [0.1, 0.15) is 55.4 Å². The van der Waals surface area contributed by atoms with Gasteiger partial charge in [0.05, 0.1) is 22.4 Å². The summed E-state index contributed by atoms with van der Waals surface area (Å²) in [6, 6.07) is 8.49. The van der Waals surface area contributed by atoms with Gasteiger partial charge in [-0.05, 0) is 24.6 Å². The SMILES string of the molecule is C/C=C(\C)CO/C=C\C([Si](CC)(CC)CC)[Si](CC)(CC)CC. The Bertz CT molecular complexity index is 329. The van der Waals surface area contributed by atoms with Crippen LogP contribution in [0.5, 0.6) is 0 Å². The molecule has 0 aliphatic rings. The molecule has 0 amide bonds. The Morgan fingerprint density at radius 2 is 1.22 bits per heavy atom. The van der Waals surface area contributed by atoms with Gasteiger partial charge in [-0.3, -0.25) is 0 Å². The molecule has 0 aromatic heterocycles. The summed E-state index contributed by atoms with van der Waals surface area (Å²) in [5.41, 5.74) is 1.31. The number of hydrogen-bond acceptors (Lipinski definition) is 1. The Kier molecular flexibility index (Phi) is 11.2. The maximum absolute atomic E-state index is 5.87. The first-order valence-electron chi connectivity index (χ1n) is 9.85. The molecule has 0 spiro atoms. The molecule has 3 heteroatoms. The fourth-order valence-corrected chi connectivity index (χ4v) is 19.8. The highest BCUT2D eigenvalue weighted by Gasteiger charge is 2.46. The van der Waals surface area contributed by atoms with Crippen molar-refractivity contribution < 1.29 is 4.74 Å². The molecule has 0 saturated carbocycles. The standard InChI is InChI=1S/C20H42OSi2/c1-9-19(8)18-21-17-16-20(22(10-2,11-3)12-4)23(13-5,14-6)15-7/h9,16-17,20H,10-15,18H2,1-8H3/b17-16-,19-9+. The highest BCUT2D eigenvalue weighted by atomic mass is 28.4. The van der Waals surface area contributed by atoms with Crippen LogP contribution in [-0.2, 0) is 4.74 Å². The second-order valence-electron chi connectivity index (χ2n) is 7.10. The van der Waals surface area contributed by atoms with E-state index in [4.69, 9.17) is 4.74 Å². The van der Waals surface area contributed by atoms with Crippen LogP contribution in [0, 0.1) is 0 Å². The molecule has 0 unspecified atom stereocenters. The van der Waals surface area contributed by atoms with E-state index in [1.807, 2.05) is 0 Å². The van der Waals surface area contributed by atoms with Crippen molar-refractivity contribution in [3.8, 4) is 0 Å². The van der Waals surface area contributed by atoms with Crippen LogP contribution in [0.4, 0.5) is 0 Å². The lowest BCUT2D eigenvalue weighted by molar-refractivity contribution is 0.279. The number of hydrogen-bond donors (Lipinski definition) is 0. The lowest BCUT2D eigenvalue weighted by Gasteiger charge is -2.46. The maximum Gasteiger partial charge on any atom is 0.108 e. The zero-order valence-corrected chi connectivity index (χ0v) is 19.2. The van der Waals surface area contributed by atoms with Gasteiger partial charge in [0.25, 0.3) is 0 Å². The summed E-state index contributed by atoms with van der Waals surface area (Å²) in [5.74, 6) is 0. The summed E-state index contributed by atoms with van der Waals surface area (Å²) in [4.78, 5) is 0. The summed E-state index contributed by atoms with van der Waals surface area (Å²) >= 11 is 0. The first-order valence-corrected chi connectivity index (χ1v) is 15.2. The second-order valence-corrected chi connectivity index (χ2v) is 18.6. The van der Waals surface area contributed by atoms with Crippen LogP contribution in [0.2, 0.25) is 41.4 Å². The van der Waals surface area contributed by atoms with Gasteiger partial charge in [0.2, 0.25) is 0 Å². The third-order valence-electron chi connectivity index (χ3n) is 6.72. The Balaban J connectivity index is 5.58. The highest BCUT2D eigenvalue weighted by Crippen LogP contribution is 2.45. The van der Waals surface area contributed by atoms with Gasteiger partial charge in [0.15, 0.2) is 0 Å². The monoisotopic (exact) mass is 354 g/mol. The highest BCUT2D eigenvalue weighted by molar-refractivity contribution is 7.00. The molecule has 0 heterocycles. The fourth-order valence-electron chi connectivity index (χ4n) is 4.27. The molecule has 136 valence electrons. The van der Waals surface area contributed by atoms with Crippen molar-refractivity contribution in [2.75, 3.05) is 6.61 Å². The second kappa shape index (κ2) is 11.3. The zero-order chi connectivity index (χ0) is 17.9. The molecule has 0 atom stereocenters. The first kappa shape index (κ1) is 22.7. The molecule has 23 heavy (non-hydrogen) atoms. The van der Waals surface area contributed by atoms with Crippen LogP contribution >= 0.6 is 0 Å². The maximum atomic E-state index is 5.87. The molecule has 0 aromatic carbocycles. The van der Waals surface area contributed by atoms with Crippen molar-refractivity contribution in [2.45, 2.75) is 96.8 Å². The van der Waals surface area contributed by atoms with Gasteiger partial charge in [-0.2, -0.15) is 0 Å². The predicted octanol–water partition coefficient (Wildman–Crippen LogP) is 7.41. The van der Waals surface area contributed by atoms with E-state index in [-0.39, 0.29) is 0 Å². The quantitative estimate of drug-likeness (QED) is 0.201. The fraction of sp³-hybridized carbons (Fsp3) is 0.800. The first-order chi connectivity index (χ1) is 11.0. The summed E-state index contributed by atoms with van der Waals surface area (Å²) in [5, 5.41) is 0.862. The Morgan fingerprint density at radius 3 is 1.52 bits per heavy atom. The van der Waals surface area contributed by atoms with Crippen molar-refractivity contribution in [3.05, 3.63) is 24.0 Å². The van der Waals surface area contributed by atoms with Crippen molar-refractivity contribution in [1.82, 2.24) is 0 Å². The van der Waals surface area contributed by atoms with E-state index in [0.717, 1.165) is 11.8 Å². The van der Waals surface area contributed by atoms with Crippen LogP contribution in [0.25, 0.3) is 0 Å². The number of ether oxygens (including phenoxy) is 1. The summed E-state index contributed by atoms with van der Waals surface area (Å²) < 4.78 is 5.87. The molecule has 1 nitrogen and oxygen atoms in total. The Hall–Kier alpha value is -0.286. The summed E-state index contributed by atoms with van der Waals surface area (Å²) in [6.45, 7) is 19.6. The largest absolute Gasteiger partial charge is 0.497 e. The van der Waals surface area contributed by atoms with E-state index in [2.05, 4.69) is 73.8 Å². The molecule has 0 aliphatic carbocycles. The van der Waals surface area contributed by atoms with Gasteiger partial charge >= 0.3 is 0 Å². The molecule has 0 fully saturated rings. The number of allylic oxidation sites excluding steroid dienone is 2. The smallest absolute Gasteiger partial charge is 0.108 e. The van der Waals surface area contributed by atoms with Crippen LogP contribution < -0.4 is 0 Å². The van der Waals surface area contributed by atoms with Gasteiger partial charge in [-0.15, -0.1) is 0 Å². The average molecular weight is 355 g/mol. The average Bonchev–Trinajstić information content (AvgIpc) is 2.61. The third kappa shape index (κ3) is 5.63. The van der Waals surface area contributed by atoms with Gasteiger partial charge in [0.1, 0.15) is 6.61 Å². The summed E-state index contributed by atoms with van der Waals surface area (Å²) in [7, 11) is -2.50. The van der Waals surface area contributed by atoms with E-state index < -0.39 is 16.1 Å². The van der Waals surface area contributed by atoms with Crippen molar-refractivity contribution >= 4 is 16.1 Å². The number of rotatable bonds is 12. The Morgan fingerprint density at radius 1 is 0.826 bits per heavy atom. The molecule has 0 aromatic rings. The van der Waals surface area contributed by atoms with Crippen LogP contribution in [0.3, 0.4) is 0 Å². The molecule has 0 saturated heterocycles. The van der Waals surface area contributed by atoms with E-state index >= 15 is 0 Å². The normalized spacial score (nSPS) is 14.0. The minimum absolute atomic E-state index is 0.734. The van der Waals surface area contributed by atoms with Crippen LogP contribution in [0.15, 0.2) is 24.0 Å². The van der Waals surface area contributed by atoms with Gasteiger partial charge in [0, 0.05) is 0 Å². The molecule has 0 rings (SSSR count). The van der Waals surface area contributed by atoms with Crippen molar-refractivity contribution in [2.24, 2.45) is 0 Å². The summed E-state index contributed by atoms with van der Waals surface area (Å²) in [6.07, 6.45) is 6.72. The Labute approximate surface area is 148 Å². The van der Waals surface area contributed by atoms with Crippen LogP contribution in [-0.4, -0.2) is 22.8 Å². The van der Waals surface area contributed by atoms with Gasteiger partial charge in [-0.1, -0.05) is 90.0 Å². The lowest BCUT2D eigenvalue weighted by atomic mass is 10.3. The molecule has 0 bridgehead atoms. The van der Waals surface area contributed by atoms with E-state index in [9.17, 15) is 0 Å². The molecular formula is C20H42OSi2.